The lowest BCUT2D eigenvalue weighted by Gasteiger charge is -2.57. The highest BCUT2D eigenvalue weighted by Crippen LogP contribution is 2.58. The van der Waals surface area contributed by atoms with E-state index in [1.165, 1.54) is 0 Å². The van der Waals surface area contributed by atoms with Crippen LogP contribution in [-0.2, 0) is 16.6 Å². The van der Waals surface area contributed by atoms with Crippen molar-refractivity contribution in [2.75, 3.05) is 13.6 Å². The first-order valence-electron chi connectivity index (χ1n) is 7.79. The largest absolute Gasteiger partial charge is 0.504 e. The number of hydrogen-bond acceptors (Lipinski definition) is 4. The number of hydrogen-bond donors (Lipinski definition) is 2. The summed E-state index contributed by atoms with van der Waals surface area (Å²) < 4.78 is 0. The molecule has 1 saturated carbocycles. The van der Waals surface area contributed by atoms with Gasteiger partial charge in [0, 0.05) is 29.9 Å². The molecule has 4 rings (SSSR count). The number of nitrogens with zero attached hydrogens (tertiary/aromatic N) is 1. The molecule has 21 heavy (non-hydrogen) atoms. The molecule has 1 heterocycles. The smallest absolute Gasteiger partial charge is 0.161 e. The Morgan fingerprint density at radius 1 is 1.33 bits per heavy atom. The third-order valence-corrected chi connectivity index (χ3v) is 6.07. The maximum Gasteiger partial charge on any atom is 0.161 e. The van der Waals surface area contributed by atoms with Gasteiger partial charge in [-0.1, -0.05) is 6.07 Å². The van der Waals surface area contributed by atoms with Crippen molar-refractivity contribution in [3.05, 3.63) is 23.3 Å². The van der Waals surface area contributed by atoms with Gasteiger partial charge in [-0.2, -0.15) is 0 Å². The minimum atomic E-state index is -0.261. The summed E-state index contributed by atoms with van der Waals surface area (Å²) in [7, 11) is 2.16. The first-order chi connectivity index (χ1) is 10.0. The zero-order chi connectivity index (χ0) is 14.8. The third-order valence-electron chi connectivity index (χ3n) is 6.07. The van der Waals surface area contributed by atoms with Crippen molar-refractivity contribution in [3.8, 4) is 11.5 Å². The first kappa shape index (κ1) is 13.1. The zero-order valence-electron chi connectivity index (χ0n) is 12.3. The molecular weight excluding hydrogens is 266 g/mol. The predicted octanol–water partition coefficient (Wildman–Crippen LogP) is 1.97. The van der Waals surface area contributed by atoms with Crippen molar-refractivity contribution < 1.29 is 15.0 Å². The highest BCUT2D eigenvalue weighted by atomic mass is 16.3. The van der Waals surface area contributed by atoms with Gasteiger partial charge in [-0.15, -0.1) is 0 Å². The molecule has 2 fully saturated rings. The van der Waals surface area contributed by atoms with Gasteiger partial charge < -0.3 is 15.1 Å². The van der Waals surface area contributed by atoms with E-state index in [0.717, 1.165) is 36.9 Å². The number of phenols is 2. The lowest BCUT2D eigenvalue weighted by molar-refractivity contribution is -0.126. The van der Waals surface area contributed by atoms with Crippen LogP contribution in [0.5, 0.6) is 11.5 Å². The van der Waals surface area contributed by atoms with Gasteiger partial charge in [0.05, 0.1) is 0 Å². The van der Waals surface area contributed by atoms with Gasteiger partial charge in [-0.3, -0.25) is 4.79 Å². The summed E-state index contributed by atoms with van der Waals surface area (Å²) in [6.07, 6.45) is 3.88. The zero-order valence-corrected chi connectivity index (χ0v) is 12.3. The standard InChI is InChI=1S/C17H21NO3/c1-18-7-6-17-9-11(19)3-4-12(17)13(18)8-10-2-5-14(20)16(21)15(10)17/h2,5,12-13,20-21H,3-4,6-9H2,1H3/t12-,13+,17-/m0/s1. The molecule has 3 aliphatic rings. The van der Waals surface area contributed by atoms with Crippen molar-refractivity contribution in [2.24, 2.45) is 5.92 Å². The van der Waals surface area contributed by atoms with Crippen LogP contribution in [0.4, 0.5) is 0 Å². The SMILES string of the molecule is CN1CC[C@]23CC(=O)CC[C@H]2[C@H]1Cc1ccc(O)c(O)c13. The highest BCUT2D eigenvalue weighted by Gasteiger charge is 2.56. The van der Waals surface area contributed by atoms with E-state index in [9.17, 15) is 15.0 Å². The van der Waals surface area contributed by atoms with E-state index in [2.05, 4.69) is 11.9 Å². The van der Waals surface area contributed by atoms with Crippen LogP contribution in [0, 0.1) is 5.92 Å². The molecule has 1 aromatic carbocycles. The van der Waals surface area contributed by atoms with Crippen LogP contribution in [-0.4, -0.2) is 40.5 Å². The van der Waals surface area contributed by atoms with Crippen LogP contribution in [0.25, 0.3) is 0 Å². The van der Waals surface area contributed by atoms with Crippen LogP contribution >= 0.6 is 0 Å². The van der Waals surface area contributed by atoms with Gasteiger partial charge in [0.1, 0.15) is 5.78 Å². The normalized spacial score (nSPS) is 35.2. The van der Waals surface area contributed by atoms with E-state index < -0.39 is 0 Å². The molecule has 2 aliphatic carbocycles. The van der Waals surface area contributed by atoms with Crippen molar-refractivity contribution >= 4 is 5.78 Å². The Morgan fingerprint density at radius 2 is 2.14 bits per heavy atom. The molecule has 0 radical (unpaired) electrons. The second kappa shape index (κ2) is 4.23. The van der Waals surface area contributed by atoms with Crippen LogP contribution < -0.4 is 0 Å². The Balaban J connectivity index is 1.96. The molecule has 4 nitrogen and oxygen atoms in total. The monoisotopic (exact) mass is 287 g/mol. The summed E-state index contributed by atoms with van der Waals surface area (Å²) >= 11 is 0. The molecule has 4 heteroatoms. The average molecular weight is 287 g/mol. The van der Waals surface area contributed by atoms with Crippen molar-refractivity contribution in [2.45, 2.75) is 43.6 Å². The number of ketones is 1. The van der Waals surface area contributed by atoms with Gasteiger partial charge >= 0.3 is 0 Å². The van der Waals surface area contributed by atoms with Crippen molar-refractivity contribution in [1.82, 2.24) is 4.90 Å². The quantitative estimate of drug-likeness (QED) is 0.716. The fraction of sp³-hybridized carbons (Fsp3) is 0.588. The number of piperidine rings is 1. The van der Waals surface area contributed by atoms with E-state index in [1.54, 1.807) is 6.07 Å². The summed E-state index contributed by atoms with van der Waals surface area (Å²) in [5.41, 5.74) is 1.71. The molecule has 2 N–H and O–H groups in total. The number of likely N-dealkylation sites (tertiary alicyclic amines) is 1. The summed E-state index contributed by atoms with van der Waals surface area (Å²) in [6.45, 7) is 0.947. The molecule has 1 aliphatic heterocycles. The van der Waals surface area contributed by atoms with E-state index in [0.29, 0.717) is 30.6 Å². The number of carbonyl (C=O) groups excluding carboxylic acids is 1. The van der Waals surface area contributed by atoms with E-state index in [-0.39, 0.29) is 16.9 Å². The minimum absolute atomic E-state index is 0.00945. The number of benzene rings is 1. The number of likely N-dealkylation sites (N-methyl/N-ethyl adjacent to an activating group) is 1. The Morgan fingerprint density at radius 3 is 2.95 bits per heavy atom. The minimum Gasteiger partial charge on any atom is -0.504 e. The Hall–Kier alpha value is -1.55. The maximum absolute atomic E-state index is 12.1. The van der Waals surface area contributed by atoms with Crippen LogP contribution in [0.2, 0.25) is 0 Å². The van der Waals surface area contributed by atoms with Crippen molar-refractivity contribution in [1.29, 1.82) is 0 Å². The van der Waals surface area contributed by atoms with Crippen molar-refractivity contribution in [3.63, 3.8) is 0 Å². The molecule has 0 unspecified atom stereocenters. The Labute approximate surface area is 124 Å². The lowest BCUT2D eigenvalue weighted by Crippen LogP contribution is -2.60. The topological polar surface area (TPSA) is 60.8 Å². The molecule has 0 spiro atoms. The highest BCUT2D eigenvalue weighted by molar-refractivity contribution is 5.82. The number of fused-ring (bicyclic) bond motifs is 1. The Bertz CT molecular complexity index is 627. The number of carbonyl (C=O) groups is 1. The van der Waals surface area contributed by atoms with Crippen LogP contribution in [0.3, 0.4) is 0 Å². The van der Waals surface area contributed by atoms with E-state index >= 15 is 0 Å². The fourth-order valence-electron chi connectivity index (χ4n) is 5.12. The van der Waals surface area contributed by atoms with Crippen LogP contribution in [0.1, 0.15) is 36.8 Å². The molecule has 0 aromatic heterocycles. The van der Waals surface area contributed by atoms with Gasteiger partial charge in [-0.25, -0.2) is 0 Å². The lowest BCUT2D eigenvalue weighted by atomic mass is 9.52. The van der Waals surface area contributed by atoms with E-state index in [4.69, 9.17) is 0 Å². The maximum atomic E-state index is 12.1. The summed E-state index contributed by atoms with van der Waals surface area (Å²) in [5, 5.41) is 20.4. The number of Topliss-reactive ketones (excluding diaryl/α,β-unsaturated/α-hetero) is 1. The van der Waals surface area contributed by atoms with Gasteiger partial charge in [0.25, 0.3) is 0 Å². The first-order valence-corrected chi connectivity index (χ1v) is 7.79. The van der Waals surface area contributed by atoms with E-state index in [1.807, 2.05) is 6.07 Å². The summed E-state index contributed by atoms with van der Waals surface area (Å²) in [4.78, 5) is 14.6. The Kier molecular flexibility index (Phi) is 2.65. The molecule has 3 atom stereocenters. The second-order valence-electron chi connectivity index (χ2n) is 6.99. The van der Waals surface area contributed by atoms with Gasteiger partial charge in [0.2, 0.25) is 0 Å². The van der Waals surface area contributed by atoms with Gasteiger partial charge in [-0.05, 0) is 50.4 Å². The fourth-order valence-corrected chi connectivity index (χ4v) is 5.12. The summed E-state index contributed by atoms with van der Waals surface area (Å²) in [6, 6.07) is 3.95. The molecule has 2 bridgehead atoms. The molecule has 112 valence electrons. The average Bonchev–Trinajstić information content (AvgIpc) is 2.46. The number of rotatable bonds is 0. The number of phenolic OH excluding ortho intramolecular Hbond substituents is 2. The van der Waals surface area contributed by atoms with Gasteiger partial charge in [0.15, 0.2) is 11.5 Å². The second-order valence-corrected chi connectivity index (χ2v) is 6.99. The number of aromatic hydroxyl groups is 2. The van der Waals surface area contributed by atoms with Crippen LogP contribution in [0.15, 0.2) is 12.1 Å². The molecular formula is C17H21NO3. The summed E-state index contributed by atoms with van der Waals surface area (Å²) in [5.74, 6) is 0.659. The predicted molar refractivity (Wildman–Crippen MR) is 78.5 cm³/mol. The molecule has 1 aromatic rings. The molecule has 1 saturated heterocycles. The molecule has 0 amide bonds. The third kappa shape index (κ3) is 1.62.